The molecule has 9 heteroatoms. The van der Waals surface area contributed by atoms with Gasteiger partial charge in [0.05, 0.1) is 6.04 Å². The Morgan fingerprint density at radius 3 is 2.62 bits per heavy atom. The maximum atomic E-state index is 13.1. The molecule has 2 aromatic rings. The molecule has 2 N–H and O–H groups in total. The molecule has 32 heavy (non-hydrogen) atoms. The normalized spacial score (nSPS) is 18.5. The molecular weight excluding hydrogens is 418 g/mol. The molecule has 2 aromatic carbocycles. The predicted molar refractivity (Wildman–Crippen MR) is 117 cm³/mol. The number of piperidine rings is 1. The lowest BCUT2D eigenvalue weighted by Gasteiger charge is -2.39. The van der Waals surface area contributed by atoms with Gasteiger partial charge in [0.15, 0.2) is 0 Å². The number of nitrogens with zero attached hydrogens (tertiary/aromatic N) is 2. The zero-order valence-electron chi connectivity index (χ0n) is 18.0. The highest BCUT2D eigenvalue weighted by Crippen LogP contribution is 2.31. The summed E-state index contributed by atoms with van der Waals surface area (Å²) >= 11 is 0. The highest BCUT2D eigenvalue weighted by Gasteiger charge is 2.39. The average Bonchev–Trinajstić information content (AvgIpc) is 3.62. The number of alkyl halides is 2. The number of likely N-dealkylation sites (tertiary alicyclic amines) is 1. The number of carbonyl (C=O) groups excluding carboxylic acids is 2. The Kier molecular flexibility index (Phi) is 6.62. The lowest BCUT2D eigenvalue weighted by Crippen LogP contribution is -2.56. The number of hydrogen-bond acceptors (Lipinski definition) is 3. The quantitative estimate of drug-likeness (QED) is 0.707. The molecule has 172 valence electrons. The van der Waals surface area contributed by atoms with Gasteiger partial charge >= 0.3 is 18.7 Å². The van der Waals surface area contributed by atoms with Crippen LogP contribution in [0.3, 0.4) is 0 Å². The van der Waals surface area contributed by atoms with Crippen molar-refractivity contribution in [2.75, 3.05) is 20.1 Å². The molecule has 1 atom stereocenters. The fourth-order valence-corrected chi connectivity index (χ4v) is 4.34. The molecular formula is C23H28F2N4O3. The van der Waals surface area contributed by atoms with Gasteiger partial charge in [-0.25, -0.2) is 9.59 Å². The molecule has 2 aliphatic rings. The maximum absolute atomic E-state index is 13.1. The summed E-state index contributed by atoms with van der Waals surface area (Å²) in [6.07, 6.45) is 3.70. The minimum atomic E-state index is -2.87. The van der Waals surface area contributed by atoms with E-state index in [-0.39, 0.29) is 29.9 Å². The molecule has 0 bridgehead atoms. The van der Waals surface area contributed by atoms with Crippen LogP contribution in [0.25, 0.3) is 10.8 Å². The summed E-state index contributed by atoms with van der Waals surface area (Å²) in [6.45, 7) is -1.32. The van der Waals surface area contributed by atoms with E-state index in [1.807, 2.05) is 23.1 Å². The van der Waals surface area contributed by atoms with Gasteiger partial charge in [-0.3, -0.25) is 0 Å². The summed E-state index contributed by atoms with van der Waals surface area (Å²) in [4.78, 5) is 28.8. The first-order chi connectivity index (χ1) is 15.4. The van der Waals surface area contributed by atoms with Crippen molar-refractivity contribution < 1.29 is 23.1 Å². The second kappa shape index (κ2) is 9.58. The van der Waals surface area contributed by atoms with Gasteiger partial charge in [-0.05, 0) is 60.2 Å². The van der Waals surface area contributed by atoms with E-state index in [0.29, 0.717) is 19.6 Å². The van der Waals surface area contributed by atoms with Crippen molar-refractivity contribution >= 4 is 22.8 Å². The molecule has 4 rings (SSSR count). The van der Waals surface area contributed by atoms with Crippen LogP contribution in [0.2, 0.25) is 0 Å². The maximum Gasteiger partial charge on any atom is 0.387 e. The second-order valence-electron chi connectivity index (χ2n) is 8.32. The molecule has 1 saturated heterocycles. The van der Waals surface area contributed by atoms with Crippen LogP contribution in [-0.2, 0) is 6.54 Å². The van der Waals surface area contributed by atoms with E-state index in [2.05, 4.69) is 15.4 Å². The molecule has 4 amide bonds. The van der Waals surface area contributed by atoms with Gasteiger partial charge in [-0.2, -0.15) is 8.78 Å². The Morgan fingerprint density at radius 2 is 1.91 bits per heavy atom. The van der Waals surface area contributed by atoms with Crippen LogP contribution in [-0.4, -0.2) is 60.7 Å². The summed E-state index contributed by atoms with van der Waals surface area (Å²) in [5, 5.41) is 7.33. The van der Waals surface area contributed by atoms with E-state index in [9.17, 15) is 18.4 Å². The summed E-state index contributed by atoms with van der Waals surface area (Å²) in [6, 6.07) is 10.4. The van der Waals surface area contributed by atoms with Crippen molar-refractivity contribution in [2.24, 2.45) is 0 Å². The number of ether oxygens (including phenoxy) is 1. The SMILES string of the molecule is CNC(=O)N1CCCC(N(C(=O)NCc2ccc3ccc(OC(F)F)cc3c2)C2CC2)C1. The lowest BCUT2D eigenvalue weighted by molar-refractivity contribution is -0.0497. The topological polar surface area (TPSA) is 73.9 Å². The van der Waals surface area contributed by atoms with E-state index in [0.717, 1.165) is 42.0 Å². The molecule has 1 aliphatic carbocycles. The van der Waals surface area contributed by atoms with Crippen molar-refractivity contribution in [2.45, 2.75) is 50.9 Å². The standard InChI is InChI=1S/C23H28F2N4O3/c1-26-22(30)28-10-2-3-19(14-28)29(18-7-8-18)23(31)27-13-15-4-5-16-6-9-20(32-21(24)25)12-17(16)11-15/h4-6,9,11-12,18-19,21H,2-3,7-8,10,13-14H2,1H3,(H,26,30)(H,27,31). The van der Waals surface area contributed by atoms with Crippen LogP contribution in [0.1, 0.15) is 31.2 Å². The number of amides is 4. The molecule has 1 saturated carbocycles. The number of hydrogen-bond donors (Lipinski definition) is 2. The molecule has 7 nitrogen and oxygen atoms in total. The van der Waals surface area contributed by atoms with Gasteiger partial charge in [-0.1, -0.05) is 18.2 Å². The number of halogens is 2. The molecule has 1 aliphatic heterocycles. The number of nitrogens with one attached hydrogen (secondary N) is 2. The van der Waals surface area contributed by atoms with Crippen molar-refractivity contribution in [3.63, 3.8) is 0 Å². The third-order valence-corrected chi connectivity index (χ3v) is 6.01. The molecule has 0 radical (unpaired) electrons. The molecule has 2 fully saturated rings. The van der Waals surface area contributed by atoms with Gasteiger partial charge < -0.3 is 25.2 Å². The first-order valence-corrected chi connectivity index (χ1v) is 10.9. The Balaban J connectivity index is 1.42. The van der Waals surface area contributed by atoms with Crippen molar-refractivity contribution in [1.29, 1.82) is 0 Å². The molecule has 1 unspecified atom stereocenters. The van der Waals surface area contributed by atoms with Gasteiger partial charge in [0, 0.05) is 32.7 Å². The highest BCUT2D eigenvalue weighted by molar-refractivity contribution is 5.84. The zero-order chi connectivity index (χ0) is 22.7. The van der Waals surface area contributed by atoms with E-state index >= 15 is 0 Å². The van der Waals surface area contributed by atoms with Gasteiger partial charge in [0.1, 0.15) is 5.75 Å². The molecule has 1 heterocycles. The zero-order valence-corrected chi connectivity index (χ0v) is 18.0. The highest BCUT2D eigenvalue weighted by atomic mass is 19.3. The molecule has 0 spiro atoms. The minimum Gasteiger partial charge on any atom is -0.435 e. The van der Waals surface area contributed by atoms with Crippen LogP contribution in [0, 0.1) is 0 Å². The Bertz CT molecular complexity index is 983. The number of fused-ring (bicyclic) bond motifs is 1. The third-order valence-electron chi connectivity index (χ3n) is 6.01. The van der Waals surface area contributed by atoms with E-state index in [1.54, 1.807) is 24.1 Å². The monoisotopic (exact) mass is 446 g/mol. The van der Waals surface area contributed by atoms with E-state index < -0.39 is 6.61 Å². The predicted octanol–water partition coefficient (Wildman–Crippen LogP) is 3.92. The van der Waals surface area contributed by atoms with Gasteiger partial charge in [-0.15, -0.1) is 0 Å². The smallest absolute Gasteiger partial charge is 0.387 e. The van der Waals surface area contributed by atoms with Crippen LogP contribution < -0.4 is 15.4 Å². The fourth-order valence-electron chi connectivity index (χ4n) is 4.34. The van der Waals surface area contributed by atoms with E-state index in [1.165, 1.54) is 6.07 Å². The first-order valence-electron chi connectivity index (χ1n) is 10.9. The Hall–Kier alpha value is -3.10. The summed E-state index contributed by atoms with van der Waals surface area (Å²) in [5.74, 6) is 0.103. The summed E-state index contributed by atoms with van der Waals surface area (Å²) in [5.41, 5.74) is 0.867. The van der Waals surface area contributed by atoms with Crippen molar-refractivity contribution in [1.82, 2.24) is 20.4 Å². The first kappa shape index (κ1) is 22.1. The summed E-state index contributed by atoms with van der Waals surface area (Å²) < 4.78 is 29.5. The van der Waals surface area contributed by atoms with E-state index in [4.69, 9.17) is 0 Å². The van der Waals surface area contributed by atoms with Crippen LogP contribution in [0.4, 0.5) is 18.4 Å². The molecule has 0 aromatic heterocycles. The summed E-state index contributed by atoms with van der Waals surface area (Å²) in [7, 11) is 1.61. The van der Waals surface area contributed by atoms with Crippen LogP contribution >= 0.6 is 0 Å². The fraction of sp³-hybridized carbons (Fsp3) is 0.478. The number of rotatable bonds is 6. The number of carbonyl (C=O) groups is 2. The number of benzene rings is 2. The van der Waals surface area contributed by atoms with Crippen molar-refractivity contribution in [3.8, 4) is 5.75 Å². The average molecular weight is 446 g/mol. The lowest BCUT2D eigenvalue weighted by atomic mass is 10.0. The van der Waals surface area contributed by atoms with Crippen molar-refractivity contribution in [3.05, 3.63) is 42.0 Å². The third kappa shape index (κ3) is 5.20. The minimum absolute atomic E-state index is 0.000734. The van der Waals surface area contributed by atoms with Gasteiger partial charge in [0.25, 0.3) is 0 Å². The van der Waals surface area contributed by atoms with Crippen LogP contribution in [0.5, 0.6) is 5.75 Å². The number of urea groups is 2. The Labute approximate surface area is 185 Å². The van der Waals surface area contributed by atoms with Gasteiger partial charge in [0.2, 0.25) is 0 Å². The largest absolute Gasteiger partial charge is 0.435 e. The van der Waals surface area contributed by atoms with Crippen LogP contribution in [0.15, 0.2) is 36.4 Å². The second-order valence-corrected chi connectivity index (χ2v) is 8.32. The Morgan fingerprint density at radius 1 is 1.12 bits per heavy atom.